The fourth-order valence-electron chi connectivity index (χ4n) is 12.9. The summed E-state index contributed by atoms with van der Waals surface area (Å²) in [6.45, 7) is 0. The third-order valence-electron chi connectivity index (χ3n) is 16.0. The van der Waals surface area contributed by atoms with Crippen LogP contribution in [0.4, 0.5) is 17.1 Å². The molecule has 12 aromatic rings. The molecule has 0 amide bonds. The van der Waals surface area contributed by atoms with E-state index < -0.39 is 10.8 Å². The monoisotopic (exact) mass is 953 g/mol. The number of fused-ring (bicyclic) bond motifs is 6. The SMILES string of the molecule is c1ccc(-c2ccc(-c3cccc(N(c4ccc(-c5cccc6c5-c5ccccc5C6(c5ccccc5)c5ccccc5)cc4)c4ccc5c(c4)C(c4ccccc4)(c4ccccc4)c4ccccc4-5)c3)cc2)cc1. The molecule has 0 spiro atoms. The van der Waals surface area contributed by atoms with Gasteiger partial charge in [0.2, 0.25) is 0 Å². The summed E-state index contributed by atoms with van der Waals surface area (Å²) in [5.74, 6) is 0. The van der Waals surface area contributed by atoms with E-state index in [9.17, 15) is 0 Å². The standard InChI is InChI=1S/C74H51N/c1-6-22-52(23-7-1)53-40-42-54(43-41-53)56-24-20-33-62(50-56)75(63-48-49-66-65-34-16-18-37-68(65)74(71(66)51-63,59-29-12-4-13-30-59)60-31-14-5-15-32-60)61-46-44-55(45-47-61)64-36-21-39-70-72(64)67-35-17-19-38-69(67)73(70,57-25-8-2-9-26-57)58-27-10-3-11-28-58/h1-51H. The fourth-order valence-corrected chi connectivity index (χ4v) is 12.9. The first-order valence-electron chi connectivity index (χ1n) is 26.1. The van der Waals surface area contributed by atoms with Gasteiger partial charge in [0, 0.05) is 17.1 Å². The van der Waals surface area contributed by atoms with Crippen molar-refractivity contribution in [3.63, 3.8) is 0 Å². The summed E-state index contributed by atoms with van der Waals surface area (Å²) < 4.78 is 0. The average molecular weight is 954 g/mol. The molecule has 75 heavy (non-hydrogen) atoms. The first kappa shape index (κ1) is 44.2. The molecular formula is C74H51N. The van der Waals surface area contributed by atoms with E-state index in [1.807, 2.05) is 0 Å². The van der Waals surface area contributed by atoms with Gasteiger partial charge in [-0.05, 0) is 137 Å². The average Bonchev–Trinajstić information content (AvgIpc) is 3.98. The lowest BCUT2D eigenvalue weighted by atomic mass is 9.67. The highest BCUT2D eigenvalue weighted by Gasteiger charge is 2.48. The van der Waals surface area contributed by atoms with Crippen LogP contribution >= 0.6 is 0 Å². The van der Waals surface area contributed by atoms with Crippen LogP contribution in [0.3, 0.4) is 0 Å². The van der Waals surface area contributed by atoms with Gasteiger partial charge in [-0.25, -0.2) is 0 Å². The van der Waals surface area contributed by atoms with Crippen LogP contribution in [-0.4, -0.2) is 0 Å². The Labute approximate surface area is 440 Å². The second kappa shape index (κ2) is 18.2. The molecule has 0 atom stereocenters. The van der Waals surface area contributed by atoms with Crippen LogP contribution in [0.15, 0.2) is 309 Å². The number of nitrogens with zero attached hydrogens (tertiary/aromatic N) is 1. The van der Waals surface area contributed by atoms with Gasteiger partial charge in [-0.3, -0.25) is 0 Å². The molecular weight excluding hydrogens is 903 g/mol. The number of anilines is 3. The molecule has 0 aromatic heterocycles. The van der Waals surface area contributed by atoms with Gasteiger partial charge in [0.1, 0.15) is 0 Å². The van der Waals surface area contributed by atoms with Crippen molar-refractivity contribution in [3.8, 4) is 55.6 Å². The molecule has 14 rings (SSSR count). The normalized spacial score (nSPS) is 13.3. The van der Waals surface area contributed by atoms with Gasteiger partial charge >= 0.3 is 0 Å². The summed E-state index contributed by atoms with van der Waals surface area (Å²) >= 11 is 0. The predicted molar refractivity (Wildman–Crippen MR) is 312 cm³/mol. The van der Waals surface area contributed by atoms with E-state index in [0.29, 0.717) is 0 Å². The highest BCUT2D eigenvalue weighted by molar-refractivity contribution is 5.96. The third-order valence-corrected chi connectivity index (χ3v) is 16.0. The van der Waals surface area contributed by atoms with Gasteiger partial charge in [0.25, 0.3) is 0 Å². The maximum Gasteiger partial charge on any atom is 0.0714 e. The van der Waals surface area contributed by atoms with Crippen LogP contribution in [-0.2, 0) is 10.8 Å². The predicted octanol–water partition coefficient (Wildman–Crippen LogP) is 18.9. The minimum atomic E-state index is -0.541. The molecule has 1 nitrogen and oxygen atoms in total. The minimum absolute atomic E-state index is 0.476. The highest BCUT2D eigenvalue weighted by atomic mass is 15.1. The summed E-state index contributed by atoms with van der Waals surface area (Å²) in [4.78, 5) is 2.45. The van der Waals surface area contributed by atoms with Crippen LogP contribution in [0.5, 0.6) is 0 Å². The summed E-state index contributed by atoms with van der Waals surface area (Å²) in [7, 11) is 0. The maximum absolute atomic E-state index is 2.47. The van der Waals surface area contributed by atoms with E-state index in [0.717, 1.165) is 22.6 Å². The molecule has 0 fully saturated rings. The van der Waals surface area contributed by atoms with Crippen molar-refractivity contribution in [2.24, 2.45) is 0 Å². The number of rotatable bonds is 10. The van der Waals surface area contributed by atoms with Gasteiger partial charge in [0.15, 0.2) is 0 Å². The molecule has 1 heteroatoms. The van der Waals surface area contributed by atoms with Crippen molar-refractivity contribution >= 4 is 17.1 Å². The van der Waals surface area contributed by atoms with Crippen LogP contribution in [0.2, 0.25) is 0 Å². The Bertz CT molecular complexity index is 3940. The Morgan fingerprint density at radius 2 is 0.573 bits per heavy atom. The molecule has 0 unspecified atom stereocenters. The summed E-state index contributed by atoms with van der Waals surface area (Å²) in [6.07, 6.45) is 0. The highest BCUT2D eigenvalue weighted by Crippen LogP contribution is 2.60. The number of hydrogen-bond donors (Lipinski definition) is 0. The zero-order valence-corrected chi connectivity index (χ0v) is 41.4. The van der Waals surface area contributed by atoms with Crippen molar-refractivity contribution in [1.82, 2.24) is 0 Å². The lowest BCUT2D eigenvalue weighted by molar-refractivity contribution is 0.768. The lowest BCUT2D eigenvalue weighted by Crippen LogP contribution is -2.28. The third kappa shape index (κ3) is 7.00. The molecule has 352 valence electrons. The van der Waals surface area contributed by atoms with Gasteiger partial charge in [-0.15, -0.1) is 0 Å². The van der Waals surface area contributed by atoms with E-state index in [4.69, 9.17) is 0 Å². The molecule has 0 heterocycles. The van der Waals surface area contributed by atoms with Crippen LogP contribution < -0.4 is 4.90 Å². The molecule has 0 N–H and O–H groups in total. The Morgan fingerprint density at radius 3 is 1.16 bits per heavy atom. The van der Waals surface area contributed by atoms with Crippen LogP contribution in [0, 0.1) is 0 Å². The smallest absolute Gasteiger partial charge is 0.0714 e. The van der Waals surface area contributed by atoms with E-state index in [-0.39, 0.29) is 0 Å². The molecule has 0 saturated heterocycles. The summed E-state index contributed by atoms with van der Waals surface area (Å²) in [5.41, 5.74) is 24.6. The number of hydrogen-bond acceptors (Lipinski definition) is 1. The number of benzene rings is 12. The van der Waals surface area contributed by atoms with Crippen LogP contribution in [0.25, 0.3) is 55.6 Å². The first-order chi connectivity index (χ1) is 37.2. The fraction of sp³-hybridized carbons (Fsp3) is 0.0270. The van der Waals surface area contributed by atoms with E-state index in [1.165, 1.54) is 94.6 Å². The Morgan fingerprint density at radius 1 is 0.200 bits per heavy atom. The van der Waals surface area contributed by atoms with Gasteiger partial charge in [0.05, 0.1) is 10.8 Å². The zero-order chi connectivity index (χ0) is 49.8. The van der Waals surface area contributed by atoms with Crippen molar-refractivity contribution < 1.29 is 0 Å². The Hall–Kier alpha value is -9.56. The van der Waals surface area contributed by atoms with Gasteiger partial charge in [-0.2, -0.15) is 0 Å². The molecule has 0 aliphatic heterocycles. The van der Waals surface area contributed by atoms with E-state index >= 15 is 0 Å². The van der Waals surface area contributed by atoms with Crippen molar-refractivity contribution in [1.29, 1.82) is 0 Å². The van der Waals surface area contributed by atoms with Crippen molar-refractivity contribution in [3.05, 3.63) is 354 Å². The topological polar surface area (TPSA) is 3.24 Å². The van der Waals surface area contributed by atoms with Crippen molar-refractivity contribution in [2.75, 3.05) is 4.90 Å². The summed E-state index contributed by atoms with van der Waals surface area (Å²) in [6, 6.07) is 114. The molecule has 0 saturated carbocycles. The van der Waals surface area contributed by atoms with Crippen molar-refractivity contribution in [2.45, 2.75) is 10.8 Å². The molecule has 12 aromatic carbocycles. The first-order valence-corrected chi connectivity index (χ1v) is 26.1. The quantitative estimate of drug-likeness (QED) is 0.132. The minimum Gasteiger partial charge on any atom is -0.310 e. The zero-order valence-electron chi connectivity index (χ0n) is 41.4. The lowest BCUT2D eigenvalue weighted by Gasteiger charge is -2.35. The van der Waals surface area contributed by atoms with Gasteiger partial charge in [-0.1, -0.05) is 273 Å². The van der Waals surface area contributed by atoms with E-state index in [2.05, 4.69) is 314 Å². The molecule has 0 bridgehead atoms. The molecule has 0 radical (unpaired) electrons. The molecule has 2 aliphatic rings. The van der Waals surface area contributed by atoms with Gasteiger partial charge < -0.3 is 4.90 Å². The Kier molecular flexibility index (Phi) is 10.7. The van der Waals surface area contributed by atoms with E-state index in [1.54, 1.807) is 0 Å². The molecule has 2 aliphatic carbocycles. The maximum atomic E-state index is 2.47. The van der Waals surface area contributed by atoms with Crippen LogP contribution in [0.1, 0.15) is 44.5 Å². The summed E-state index contributed by atoms with van der Waals surface area (Å²) in [5, 5.41) is 0. The largest absolute Gasteiger partial charge is 0.310 e. The second-order valence-electron chi connectivity index (χ2n) is 19.9. The second-order valence-corrected chi connectivity index (χ2v) is 19.9. The Balaban J connectivity index is 0.948.